The lowest BCUT2D eigenvalue weighted by Crippen LogP contribution is -2.03. The molecule has 0 aliphatic carbocycles. The van der Waals surface area contributed by atoms with Crippen molar-refractivity contribution in [1.82, 2.24) is 9.55 Å². The molecule has 1 aromatic heterocycles. The molecule has 2 aromatic rings. The van der Waals surface area contributed by atoms with Crippen molar-refractivity contribution in [3.63, 3.8) is 0 Å². The van der Waals surface area contributed by atoms with E-state index in [2.05, 4.69) is 20.9 Å². The van der Waals surface area contributed by atoms with E-state index < -0.39 is 17.6 Å². The minimum absolute atomic E-state index is 0.103. The maximum Gasteiger partial charge on any atom is 0.313 e. The summed E-state index contributed by atoms with van der Waals surface area (Å²) in [5.74, 6) is -2.65. The molecule has 0 aliphatic heterocycles. The number of halogens is 3. The Kier molecular flexibility index (Phi) is 4.44. The van der Waals surface area contributed by atoms with Gasteiger partial charge < -0.3 is 5.11 Å². The fourth-order valence-electron chi connectivity index (χ4n) is 1.57. The van der Waals surface area contributed by atoms with Crippen LogP contribution in [0, 0.1) is 18.6 Å². The van der Waals surface area contributed by atoms with Crippen molar-refractivity contribution in [2.24, 2.45) is 0 Å². The van der Waals surface area contributed by atoms with E-state index >= 15 is 0 Å². The minimum Gasteiger partial charge on any atom is -0.481 e. The molecule has 0 fully saturated rings. The zero-order valence-corrected chi connectivity index (χ0v) is 12.6. The highest BCUT2D eigenvalue weighted by atomic mass is 79.9. The largest absolute Gasteiger partial charge is 0.481 e. The Labute approximate surface area is 125 Å². The number of thioether (sulfide) groups is 1. The molecule has 2 rings (SSSR count). The van der Waals surface area contributed by atoms with Gasteiger partial charge in [-0.1, -0.05) is 11.8 Å². The molecule has 4 nitrogen and oxygen atoms in total. The number of benzene rings is 1. The summed E-state index contributed by atoms with van der Waals surface area (Å²) in [6.45, 7) is 1.71. The topological polar surface area (TPSA) is 55.1 Å². The third-order valence-corrected chi connectivity index (χ3v) is 3.91. The Morgan fingerprint density at radius 1 is 1.45 bits per heavy atom. The number of carboxylic acid groups (broad SMARTS) is 1. The van der Waals surface area contributed by atoms with E-state index in [1.54, 1.807) is 13.1 Å². The first-order valence-electron chi connectivity index (χ1n) is 5.44. The van der Waals surface area contributed by atoms with Gasteiger partial charge in [-0.15, -0.1) is 0 Å². The molecule has 0 atom stereocenters. The lowest BCUT2D eigenvalue weighted by Gasteiger charge is -2.09. The Morgan fingerprint density at radius 3 is 2.80 bits per heavy atom. The molecule has 8 heteroatoms. The zero-order chi connectivity index (χ0) is 14.9. The normalized spacial score (nSPS) is 10.8. The molecular weight excluding hydrogens is 354 g/mol. The molecule has 0 radical (unpaired) electrons. The molecule has 0 saturated carbocycles. The summed E-state index contributed by atoms with van der Waals surface area (Å²) in [6.07, 6.45) is 1.56. The van der Waals surface area contributed by atoms with Crippen molar-refractivity contribution in [2.45, 2.75) is 12.1 Å². The second kappa shape index (κ2) is 5.92. The fourth-order valence-corrected chi connectivity index (χ4v) is 2.66. The number of aliphatic carboxylic acids is 1. The van der Waals surface area contributed by atoms with Crippen molar-refractivity contribution in [1.29, 1.82) is 0 Å². The highest BCUT2D eigenvalue weighted by Gasteiger charge is 2.15. The van der Waals surface area contributed by atoms with Gasteiger partial charge >= 0.3 is 5.97 Å². The standard InChI is InChI=1S/C12H9BrF2N2O2S/c1-6-4-17(12(16-6)20-5-11(18)19)10-2-7(13)8(14)3-9(10)15/h2-4H,5H2,1H3,(H,18,19). The number of nitrogens with zero attached hydrogens (tertiary/aromatic N) is 2. The van der Waals surface area contributed by atoms with E-state index in [4.69, 9.17) is 5.11 Å². The first kappa shape index (κ1) is 15.0. The van der Waals surface area contributed by atoms with Crippen LogP contribution in [0.25, 0.3) is 5.69 Å². The Morgan fingerprint density at radius 2 is 2.15 bits per heavy atom. The molecule has 0 bridgehead atoms. The molecule has 0 saturated heterocycles. The van der Waals surface area contributed by atoms with Crippen LogP contribution in [0.1, 0.15) is 5.69 Å². The minimum atomic E-state index is -0.997. The average Bonchev–Trinajstić information content (AvgIpc) is 2.72. The van der Waals surface area contributed by atoms with Crippen LogP contribution < -0.4 is 0 Å². The van der Waals surface area contributed by atoms with Crippen molar-refractivity contribution >= 4 is 33.7 Å². The first-order valence-corrected chi connectivity index (χ1v) is 7.22. The Balaban J connectivity index is 2.47. The van der Waals surface area contributed by atoms with Gasteiger partial charge in [-0.2, -0.15) is 0 Å². The lowest BCUT2D eigenvalue weighted by molar-refractivity contribution is -0.133. The van der Waals surface area contributed by atoms with Crippen LogP contribution in [-0.4, -0.2) is 26.4 Å². The van der Waals surface area contributed by atoms with Gasteiger partial charge in [-0.25, -0.2) is 13.8 Å². The van der Waals surface area contributed by atoms with E-state index in [9.17, 15) is 13.6 Å². The lowest BCUT2D eigenvalue weighted by atomic mass is 10.3. The average molecular weight is 363 g/mol. The first-order chi connectivity index (χ1) is 9.38. The van der Waals surface area contributed by atoms with Gasteiger partial charge in [-0.05, 0) is 28.9 Å². The van der Waals surface area contributed by atoms with E-state index in [0.29, 0.717) is 10.9 Å². The van der Waals surface area contributed by atoms with Crippen LogP contribution in [0.4, 0.5) is 8.78 Å². The van der Waals surface area contributed by atoms with Gasteiger partial charge in [-0.3, -0.25) is 9.36 Å². The number of imidazole rings is 1. The molecular formula is C12H9BrF2N2O2S. The van der Waals surface area contributed by atoms with Crippen LogP contribution in [0.5, 0.6) is 0 Å². The molecule has 106 valence electrons. The van der Waals surface area contributed by atoms with E-state index in [0.717, 1.165) is 17.8 Å². The fraction of sp³-hybridized carbons (Fsp3) is 0.167. The Hall–Kier alpha value is -1.41. The number of rotatable bonds is 4. The number of aromatic nitrogens is 2. The summed E-state index contributed by atoms with van der Waals surface area (Å²) in [7, 11) is 0. The van der Waals surface area contributed by atoms with E-state index in [-0.39, 0.29) is 15.9 Å². The van der Waals surface area contributed by atoms with E-state index in [1.807, 2.05) is 0 Å². The summed E-state index contributed by atoms with van der Waals surface area (Å²) in [4.78, 5) is 14.7. The molecule has 0 amide bonds. The van der Waals surface area contributed by atoms with Crippen molar-refractivity contribution in [3.05, 3.63) is 40.1 Å². The van der Waals surface area contributed by atoms with Gasteiger partial charge in [0.1, 0.15) is 11.6 Å². The summed E-state index contributed by atoms with van der Waals surface area (Å²) in [5.41, 5.74) is 0.713. The predicted octanol–water partition coefficient (Wildman–Crippen LogP) is 3.40. The number of carbonyl (C=O) groups is 1. The van der Waals surface area contributed by atoms with Gasteiger partial charge in [0, 0.05) is 12.3 Å². The van der Waals surface area contributed by atoms with Crippen LogP contribution in [0.3, 0.4) is 0 Å². The van der Waals surface area contributed by atoms with Crippen molar-refractivity contribution < 1.29 is 18.7 Å². The van der Waals surface area contributed by atoms with Crippen molar-refractivity contribution in [3.8, 4) is 5.69 Å². The summed E-state index contributed by atoms with van der Waals surface area (Å²) in [6, 6.07) is 2.05. The van der Waals surface area contributed by atoms with Crippen LogP contribution in [-0.2, 0) is 4.79 Å². The molecule has 20 heavy (non-hydrogen) atoms. The van der Waals surface area contributed by atoms with Gasteiger partial charge in [0.25, 0.3) is 0 Å². The molecule has 0 unspecified atom stereocenters. The number of hydrogen-bond acceptors (Lipinski definition) is 3. The zero-order valence-electron chi connectivity index (χ0n) is 10.2. The molecule has 1 N–H and O–H groups in total. The third-order valence-electron chi connectivity index (χ3n) is 2.37. The summed E-state index contributed by atoms with van der Waals surface area (Å²) >= 11 is 3.96. The molecule has 1 heterocycles. The van der Waals surface area contributed by atoms with Crippen molar-refractivity contribution in [2.75, 3.05) is 5.75 Å². The smallest absolute Gasteiger partial charge is 0.313 e. The second-order valence-corrected chi connectivity index (χ2v) is 5.73. The number of hydrogen-bond donors (Lipinski definition) is 1. The quantitative estimate of drug-likeness (QED) is 0.668. The maximum atomic E-state index is 13.9. The number of aryl methyl sites for hydroxylation is 1. The third kappa shape index (κ3) is 3.18. The monoisotopic (exact) mass is 362 g/mol. The summed E-state index contributed by atoms with van der Waals surface area (Å²) < 4.78 is 28.6. The molecule has 0 aliphatic rings. The molecule has 1 aromatic carbocycles. The van der Waals surface area contributed by atoms with Crippen LogP contribution in [0.15, 0.2) is 28.0 Å². The Bertz CT molecular complexity index is 676. The van der Waals surface area contributed by atoms with E-state index in [1.165, 1.54) is 10.6 Å². The van der Waals surface area contributed by atoms with Crippen LogP contribution >= 0.6 is 27.7 Å². The van der Waals surface area contributed by atoms with Crippen LogP contribution in [0.2, 0.25) is 0 Å². The predicted molar refractivity (Wildman–Crippen MR) is 74.3 cm³/mol. The SMILES string of the molecule is Cc1cn(-c2cc(Br)c(F)cc2F)c(SCC(=O)O)n1. The van der Waals surface area contributed by atoms with Gasteiger partial charge in [0.15, 0.2) is 5.16 Å². The second-order valence-electron chi connectivity index (χ2n) is 3.94. The van der Waals surface area contributed by atoms with Gasteiger partial charge in [0.2, 0.25) is 0 Å². The summed E-state index contributed by atoms with van der Waals surface area (Å²) in [5, 5.41) is 9.02. The highest BCUT2D eigenvalue weighted by molar-refractivity contribution is 9.10. The molecule has 0 spiro atoms. The van der Waals surface area contributed by atoms with Gasteiger partial charge in [0.05, 0.1) is 21.6 Å². The maximum absolute atomic E-state index is 13.9. The number of carboxylic acids is 1. The highest BCUT2D eigenvalue weighted by Crippen LogP contribution is 2.27.